The number of aliphatic hydroxyl groups is 1. The SMILES string of the molecule is CC(C)(C)OC(=O)CC[C@@]1(C(=O)NCCCc2ccccc2)N=C(c2ccc(OCCCO)cc2)O[C@@H]1c1ccccc1Br. The quantitative estimate of drug-likeness (QED) is 0.154. The molecule has 9 heteroatoms. The number of carbonyl (C=O) groups is 2. The monoisotopic (exact) mass is 664 g/mol. The molecule has 3 aromatic carbocycles. The molecule has 0 radical (unpaired) electrons. The summed E-state index contributed by atoms with van der Waals surface area (Å²) in [4.78, 5) is 32.1. The third-order valence-corrected chi connectivity index (χ3v) is 7.84. The highest BCUT2D eigenvalue weighted by Crippen LogP contribution is 2.45. The molecule has 0 fully saturated rings. The summed E-state index contributed by atoms with van der Waals surface area (Å²) in [5.41, 5.74) is 0.527. The molecule has 2 N–H and O–H groups in total. The molecule has 4 rings (SSSR count). The standard InChI is InChI=1S/C35H41BrN2O6/c1-34(2,3)44-30(40)20-21-35(33(41)37-22-9-13-25-11-5-4-6-12-25)31(28-14-7-8-15-29(28)36)43-32(38-35)26-16-18-27(19-17-26)42-24-10-23-39/h4-8,11-12,14-19,31,39H,9-10,13,20-24H2,1-3H3,(H,37,41)/t31-,35-/m1/s1. The van der Waals surface area contributed by atoms with Gasteiger partial charge >= 0.3 is 5.97 Å². The number of esters is 1. The first kappa shape index (κ1) is 33.2. The second kappa shape index (κ2) is 15.3. The largest absolute Gasteiger partial charge is 0.494 e. The summed E-state index contributed by atoms with van der Waals surface area (Å²) in [5.74, 6) is 0.230. The Hall–Kier alpha value is -3.69. The van der Waals surface area contributed by atoms with E-state index in [0.29, 0.717) is 36.8 Å². The zero-order valence-electron chi connectivity index (χ0n) is 25.6. The van der Waals surface area contributed by atoms with Crippen LogP contribution in [0, 0.1) is 0 Å². The molecule has 0 aromatic heterocycles. The molecule has 0 unspecified atom stereocenters. The van der Waals surface area contributed by atoms with Gasteiger partial charge in [-0.05, 0) is 75.9 Å². The lowest BCUT2D eigenvalue weighted by Gasteiger charge is -2.31. The van der Waals surface area contributed by atoms with Crippen LogP contribution in [0.1, 0.15) is 69.2 Å². The minimum atomic E-state index is -1.43. The summed E-state index contributed by atoms with van der Waals surface area (Å²) in [6.07, 6.45) is 1.36. The second-order valence-corrected chi connectivity index (χ2v) is 12.6. The van der Waals surface area contributed by atoms with E-state index in [0.717, 1.165) is 22.9 Å². The van der Waals surface area contributed by atoms with Crippen molar-refractivity contribution >= 4 is 33.7 Å². The number of hydrogen-bond donors (Lipinski definition) is 2. The number of aliphatic imine (C=N–C) groups is 1. The molecule has 0 spiro atoms. The predicted octanol–water partition coefficient (Wildman–Crippen LogP) is 6.34. The predicted molar refractivity (Wildman–Crippen MR) is 174 cm³/mol. The number of halogens is 1. The number of amides is 1. The van der Waals surface area contributed by atoms with Crippen LogP contribution in [0.25, 0.3) is 0 Å². The Balaban J connectivity index is 1.65. The highest BCUT2D eigenvalue weighted by molar-refractivity contribution is 9.10. The van der Waals surface area contributed by atoms with Crippen molar-refractivity contribution in [2.24, 2.45) is 4.99 Å². The Morgan fingerprint density at radius 2 is 1.70 bits per heavy atom. The van der Waals surface area contributed by atoms with Crippen LogP contribution >= 0.6 is 15.9 Å². The van der Waals surface area contributed by atoms with Crippen LogP contribution in [0.5, 0.6) is 5.75 Å². The van der Waals surface area contributed by atoms with Crippen molar-refractivity contribution < 1.29 is 28.9 Å². The Bertz CT molecular complexity index is 1420. The van der Waals surface area contributed by atoms with Gasteiger partial charge in [-0.1, -0.05) is 64.5 Å². The lowest BCUT2D eigenvalue weighted by atomic mass is 9.83. The molecule has 1 aliphatic rings. The molecule has 8 nitrogen and oxygen atoms in total. The van der Waals surface area contributed by atoms with Crippen LogP contribution in [0.15, 0.2) is 88.3 Å². The number of rotatable bonds is 14. The van der Waals surface area contributed by atoms with E-state index in [1.165, 1.54) is 5.56 Å². The fraction of sp³-hybridized carbons (Fsp3) is 0.400. The number of ether oxygens (including phenoxy) is 3. The van der Waals surface area contributed by atoms with E-state index in [9.17, 15) is 9.59 Å². The lowest BCUT2D eigenvalue weighted by molar-refractivity contribution is -0.155. The van der Waals surface area contributed by atoms with Crippen molar-refractivity contribution in [1.82, 2.24) is 5.32 Å². The molecule has 0 saturated heterocycles. The first-order chi connectivity index (χ1) is 21.1. The van der Waals surface area contributed by atoms with Gasteiger partial charge in [0.25, 0.3) is 5.91 Å². The van der Waals surface area contributed by atoms with Crippen LogP contribution in [-0.2, 0) is 25.5 Å². The van der Waals surface area contributed by atoms with Gasteiger partial charge in [0.2, 0.25) is 5.90 Å². The van der Waals surface area contributed by atoms with Crippen molar-refractivity contribution in [1.29, 1.82) is 0 Å². The van der Waals surface area contributed by atoms with Gasteiger partial charge in [0.05, 0.1) is 6.61 Å². The fourth-order valence-corrected chi connectivity index (χ4v) is 5.51. The molecular formula is C35H41BrN2O6. The Kier molecular flexibility index (Phi) is 11.6. The van der Waals surface area contributed by atoms with Crippen LogP contribution in [0.3, 0.4) is 0 Å². The van der Waals surface area contributed by atoms with E-state index < -0.39 is 23.2 Å². The van der Waals surface area contributed by atoms with Crippen molar-refractivity contribution in [3.8, 4) is 5.75 Å². The zero-order chi connectivity index (χ0) is 31.6. The van der Waals surface area contributed by atoms with Gasteiger partial charge in [-0.25, -0.2) is 4.99 Å². The normalized spacial score (nSPS) is 17.8. The molecule has 234 valence electrons. The summed E-state index contributed by atoms with van der Waals surface area (Å²) in [5, 5.41) is 12.1. The van der Waals surface area contributed by atoms with Crippen LogP contribution in [-0.4, -0.2) is 53.8 Å². The zero-order valence-corrected chi connectivity index (χ0v) is 27.1. The Morgan fingerprint density at radius 3 is 2.39 bits per heavy atom. The molecule has 44 heavy (non-hydrogen) atoms. The third-order valence-electron chi connectivity index (χ3n) is 7.12. The lowest BCUT2D eigenvalue weighted by Crippen LogP contribution is -2.49. The maximum Gasteiger partial charge on any atom is 0.306 e. The van der Waals surface area contributed by atoms with Crippen molar-refractivity contribution in [2.45, 2.75) is 70.1 Å². The highest BCUT2D eigenvalue weighted by atomic mass is 79.9. The number of aliphatic hydroxyl groups excluding tert-OH is 1. The molecule has 0 saturated carbocycles. The van der Waals surface area contributed by atoms with Gasteiger partial charge in [0.15, 0.2) is 11.6 Å². The van der Waals surface area contributed by atoms with Crippen LogP contribution < -0.4 is 10.1 Å². The van der Waals surface area contributed by atoms with Gasteiger partial charge in [-0.2, -0.15) is 0 Å². The van der Waals surface area contributed by atoms with Crippen LogP contribution in [0.4, 0.5) is 0 Å². The van der Waals surface area contributed by atoms with Crippen molar-refractivity contribution in [3.63, 3.8) is 0 Å². The molecule has 1 aliphatic heterocycles. The minimum absolute atomic E-state index is 0.0204. The number of benzene rings is 3. The van der Waals surface area contributed by atoms with E-state index in [-0.39, 0.29) is 25.4 Å². The number of carbonyl (C=O) groups excluding carboxylic acids is 2. The first-order valence-corrected chi connectivity index (χ1v) is 15.8. The summed E-state index contributed by atoms with van der Waals surface area (Å²) in [7, 11) is 0. The molecular weight excluding hydrogens is 624 g/mol. The highest BCUT2D eigenvalue weighted by Gasteiger charge is 2.53. The van der Waals surface area contributed by atoms with Gasteiger partial charge in [0.1, 0.15) is 11.4 Å². The number of aryl methyl sites for hydroxylation is 1. The summed E-state index contributed by atoms with van der Waals surface area (Å²) in [6, 6.07) is 24.9. The average molecular weight is 666 g/mol. The van der Waals surface area contributed by atoms with Gasteiger partial charge in [0, 0.05) is 41.6 Å². The minimum Gasteiger partial charge on any atom is -0.494 e. The molecule has 2 atom stereocenters. The van der Waals surface area contributed by atoms with E-state index in [1.807, 2.05) is 75.4 Å². The Morgan fingerprint density at radius 1 is 1.00 bits per heavy atom. The maximum atomic E-state index is 14.2. The maximum absolute atomic E-state index is 14.2. The first-order valence-electron chi connectivity index (χ1n) is 15.0. The number of nitrogens with one attached hydrogen (secondary N) is 1. The van der Waals surface area contributed by atoms with Gasteiger partial charge in [-0.3, -0.25) is 9.59 Å². The summed E-state index contributed by atoms with van der Waals surface area (Å²) < 4.78 is 18.6. The van der Waals surface area contributed by atoms with E-state index in [4.69, 9.17) is 24.3 Å². The van der Waals surface area contributed by atoms with E-state index in [1.54, 1.807) is 12.1 Å². The molecule has 1 heterocycles. The smallest absolute Gasteiger partial charge is 0.306 e. The van der Waals surface area contributed by atoms with Crippen molar-refractivity contribution in [3.05, 3.63) is 100 Å². The van der Waals surface area contributed by atoms with Gasteiger partial charge < -0.3 is 24.6 Å². The number of nitrogens with zero attached hydrogens (tertiary/aromatic N) is 1. The fourth-order valence-electron chi connectivity index (χ4n) is 5.01. The average Bonchev–Trinajstić information content (AvgIpc) is 3.39. The molecule has 0 bridgehead atoms. The molecule has 0 aliphatic carbocycles. The Labute approximate surface area is 268 Å². The van der Waals surface area contributed by atoms with E-state index in [2.05, 4.69) is 33.4 Å². The topological polar surface area (TPSA) is 106 Å². The summed E-state index contributed by atoms with van der Waals surface area (Å²) in [6.45, 7) is 6.34. The molecule has 3 aromatic rings. The molecule has 1 amide bonds. The van der Waals surface area contributed by atoms with Gasteiger partial charge in [-0.15, -0.1) is 0 Å². The number of hydrogen-bond acceptors (Lipinski definition) is 7. The summed E-state index contributed by atoms with van der Waals surface area (Å²) >= 11 is 3.64. The van der Waals surface area contributed by atoms with E-state index >= 15 is 0 Å². The van der Waals surface area contributed by atoms with Crippen LogP contribution in [0.2, 0.25) is 0 Å². The second-order valence-electron chi connectivity index (χ2n) is 11.7. The van der Waals surface area contributed by atoms with Crippen molar-refractivity contribution in [2.75, 3.05) is 19.8 Å². The third kappa shape index (κ3) is 8.92.